The van der Waals surface area contributed by atoms with Gasteiger partial charge in [-0.25, -0.2) is 4.79 Å². The number of rotatable bonds is 5. The molecule has 1 aliphatic carbocycles. The summed E-state index contributed by atoms with van der Waals surface area (Å²) >= 11 is 0. The number of esters is 1. The number of benzene rings is 1. The third kappa shape index (κ3) is 3.61. The molecule has 1 aromatic carbocycles. The van der Waals surface area contributed by atoms with E-state index in [1.54, 1.807) is 6.07 Å². The van der Waals surface area contributed by atoms with E-state index in [0.717, 1.165) is 12.8 Å². The van der Waals surface area contributed by atoms with Crippen molar-refractivity contribution >= 4 is 17.6 Å². The van der Waals surface area contributed by atoms with Crippen LogP contribution in [0.25, 0.3) is 0 Å². The van der Waals surface area contributed by atoms with Gasteiger partial charge in [0.1, 0.15) is 5.75 Å². The summed E-state index contributed by atoms with van der Waals surface area (Å²) in [5.41, 5.74) is 6.39. The van der Waals surface area contributed by atoms with Crippen molar-refractivity contribution in [3.63, 3.8) is 0 Å². The maximum Gasteiger partial charge on any atom is 0.337 e. The number of nitrogen functional groups attached to an aromatic ring is 1. The number of nitrogens with two attached hydrogens (primary N) is 1. The Labute approximate surface area is 110 Å². The smallest absolute Gasteiger partial charge is 0.337 e. The van der Waals surface area contributed by atoms with Gasteiger partial charge in [-0.1, -0.05) is 0 Å². The molecule has 0 spiro atoms. The monoisotopic (exact) mass is 264 g/mol. The molecule has 0 heterocycles. The van der Waals surface area contributed by atoms with Crippen molar-refractivity contribution in [2.24, 2.45) is 0 Å². The van der Waals surface area contributed by atoms with E-state index in [4.69, 9.17) is 10.5 Å². The second kappa shape index (κ2) is 5.60. The lowest BCUT2D eigenvalue weighted by atomic mass is 10.2. The van der Waals surface area contributed by atoms with E-state index >= 15 is 0 Å². The molecule has 19 heavy (non-hydrogen) atoms. The molecule has 6 nitrogen and oxygen atoms in total. The summed E-state index contributed by atoms with van der Waals surface area (Å²) < 4.78 is 9.89. The van der Waals surface area contributed by atoms with Crippen molar-refractivity contribution in [3.05, 3.63) is 23.8 Å². The molecular formula is C13H16N2O4. The minimum Gasteiger partial charge on any atom is -0.482 e. The maximum atomic E-state index is 11.4. The Bertz CT molecular complexity index is 497. The molecule has 0 atom stereocenters. The van der Waals surface area contributed by atoms with Gasteiger partial charge < -0.3 is 20.5 Å². The van der Waals surface area contributed by atoms with Crippen molar-refractivity contribution in [3.8, 4) is 5.75 Å². The van der Waals surface area contributed by atoms with Gasteiger partial charge in [-0.05, 0) is 31.0 Å². The molecule has 2 rings (SSSR count). The average Bonchev–Trinajstić information content (AvgIpc) is 3.20. The number of ether oxygens (including phenoxy) is 2. The molecule has 1 saturated carbocycles. The lowest BCUT2D eigenvalue weighted by Crippen LogP contribution is -2.30. The van der Waals surface area contributed by atoms with Gasteiger partial charge in [-0.15, -0.1) is 0 Å². The Balaban J connectivity index is 1.92. The Morgan fingerprint density at radius 1 is 1.42 bits per heavy atom. The summed E-state index contributed by atoms with van der Waals surface area (Å²) in [4.78, 5) is 22.7. The molecule has 0 bridgehead atoms. The van der Waals surface area contributed by atoms with Gasteiger partial charge in [0, 0.05) is 6.04 Å². The van der Waals surface area contributed by atoms with Gasteiger partial charge >= 0.3 is 5.97 Å². The first-order chi connectivity index (χ1) is 9.10. The van der Waals surface area contributed by atoms with Gasteiger partial charge in [-0.3, -0.25) is 4.79 Å². The van der Waals surface area contributed by atoms with E-state index < -0.39 is 5.97 Å². The predicted octanol–water partition coefficient (Wildman–Crippen LogP) is 0.713. The van der Waals surface area contributed by atoms with Crippen LogP contribution in [0.4, 0.5) is 5.69 Å². The fourth-order valence-corrected chi connectivity index (χ4v) is 1.57. The van der Waals surface area contributed by atoms with Crippen LogP contribution < -0.4 is 15.8 Å². The van der Waals surface area contributed by atoms with Crippen molar-refractivity contribution in [1.82, 2.24) is 5.32 Å². The van der Waals surface area contributed by atoms with E-state index in [2.05, 4.69) is 10.1 Å². The van der Waals surface area contributed by atoms with Crippen LogP contribution in [0.3, 0.4) is 0 Å². The van der Waals surface area contributed by atoms with Crippen LogP contribution in [0.1, 0.15) is 23.2 Å². The van der Waals surface area contributed by atoms with Crippen molar-refractivity contribution in [2.75, 3.05) is 19.5 Å². The summed E-state index contributed by atoms with van der Waals surface area (Å²) in [6.45, 7) is -0.0850. The Kier molecular flexibility index (Phi) is 3.89. The Morgan fingerprint density at radius 3 is 2.74 bits per heavy atom. The van der Waals surface area contributed by atoms with Crippen molar-refractivity contribution in [2.45, 2.75) is 18.9 Å². The van der Waals surface area contributed by atoms with Crippen LogP contribution in [-0.2, 0) is 9.53 Å². The van der Waals surface area contributed by atoms with Gasteiger partial charge in [0.25, 0.3) is 5.91 Å². The second-order valence-electron chi connectivity index (χ2n) is 4.37. The van der Waals surface area contributed by atoms with Crippen LogP contribution in [0, 0.1) is 0 Å². The van der Waals surface area contributed by atoms with Crippen molar-refractivity contribution < 1.29 is 19.1 Å². The highest BCUT2D eigenvalue weighted by Crippen LogP contribution is 2.23. The van der Waals surface area contributed by atoms with E-state index in [1.165, 1.54) is 19.2 Å². The Hall–Kier alpha value is -2.24. The van der Waals surface area contributed by atoms with Crippen LogP contribution in [0.2, 0.25) is 0 Å². The summed E-state index contributed by atoms with van der Waals surface area (Å²) in [5.74, 6) is -0.262. The molecular weight excluding hydrogens is 248 g/mol. The third-order valence-electron chi connectivity index (χ3n) is 2.73. The zero-order valence-electron chi connectivity index (χ0n) is 10.6. The van der Waals surface area contributed by atoms with Gasteiger partial charge in [0.2, 0.25) is 0 Å². The molecule has 1 fully saturated rings. The highest BCUT2D eigenvalue weighted by atomic mass is 16.5. The van der Waals surface area contributed by atoms with Crippen LogP contribution in [-0.4, -0.2) is 31.6 Å². The summed E-state index contributed by atoms with van der Waals surface area (Å²) in [6.07, 6.45) is 2.06. The third-order valence-corrected chi connectivity index (χ3v) is 2.73. The minimum atomic E-state index is -0.468. The number of methoxy groups -OCH3 is 1. The van der Waals surface area contributed by atoms with Crippen LogP contribution in [0.15, 0.2) is 18.2 Å². The lowest BCUT2D eigenvalue weighted by Gasteiger charge is -2.10. The molecule has 0 unspecified atom stereocenters. The second-order valence-corrected chi connectivity index (χ2v) is 4.37. The van der Waals surface area contributed by atoms with Gasteiger partial charge in [0.15, 0.2) is 6.61 Å². The molecule has 0 aromatic heterocycles. The molecule has 0 radical (unpaired) electrons. The highest BCUT2D eigenvalue weighted by Gasteiger charge is 2.23. The van der Waals surface area contributed by atoms with E-state index in [0.29, 0.717) is 23.0 Å². The normalized spacial score (nSPS) is 13.7. The molecule has 0 aliphatic heterocycles. The van der Waals surface area contributed by atoms with E-state index in [9.17, 15) is 9.59 Å². The first kappa shape index (κ1) is 13.2. The van der Waals surface area contributed by atoms with Crippen LogP contribution in [0.5, 0.6) is 5.75 Å². The molecule has 1 amide bonds. The minimum absolute atomic E-state index is 0.0850. The van der Waals surface area contributed by atoms with Gasteiger partial charge in [0.05, 0.1) is 18.4 Å². The molecule has 102 valence electrons. The molecule has 0 saturated heterocycles. The predicted molar refractivity (Wildman–Crippen MR) is 68.9 cm³/mol. The van der Waals surface area contributed by atoms with Crippen molar-refractivity contribution in [1.29, 1.82) is 0 Å². The fourth-order valence-electron chi connectivity index (χ4n) is 1.57. The zero-order valence-corrected chi connectivity index (χ0v) is 10.6. The summed E-state index contributed by atoms with van der Waals surface area (Å²) in [5, 5.41) is 2.80. The highest BCUT2D eigenvalue weighted by molar-refractivity contribution is 5.91. The SMILES string of the molecule is COC(=O)c1ccc(OCC(=O)NC2CC2)c(N)c1. The number of nitrogens with one attached hydrogen (secondary N) is 1. The number of hydrogen-bond donors (Lipinski definition) is 2. The van der Waals surface area contributed by atoms with Gasteiger partial charge in [-0.2, -0.15) is 0 Å². The van der Waals surface area contributed by atoms with E-state index in [-0.39, 0.29) is 12.5 Å². The number of amides is 1. The molecule has 1 aromatic rings. The average molecular weight is 264 g/mol. The Morgan fingerprint density at radius 2 is 2.16 bits per heavy atom. The maximum absolute atomic E-state index is 11.4. The topological polar surface area (TPSA) is 90.6 Å². The quantitative estimate of drug-likeness (QED) is 0.604. The largest absolute Gasteiger partial charge is 0.482 e. The zero-order chi connectivity index (χ0) is 13.8. The number of carbonyl (C=O) groups is 2. The summed E-state index contributed by atoms with van der Waals surface area (Å²) in [7, 11) is 1.30. The molecule has 6 heteroatoms. The summed E-state index contributed by atoms with van der Waals surface area (Å²) in [6, 6.07) is 4.84. The fraction of sp³-hybridized carbons (Fsp3) is 0.385. The first-order valence-electron chi connectivity index (χ1n) is 6.00. The molecule has 1 aliphatic rings. The van der Waals surface area contributed by atoms with E-state index in [1.807, 2.05) is 0 Å². The first-order valence-corrected chi connectivity index (χ1v) is 6.00. The lowest BCUT2D eigenvalue weighted by molar-refractivity contribution is -0.123. The molecule has 3 N–H and O–H groups in total. The number of hydrogen-bond acceptors (Lipinski definition) is 5. The number of anilines is 1. The number of carbonyl (C=O) groups excluding carboxylic acids is 2. The van der Waals surface area contributed by atoms with Crippen LogP contribution >= 0.6 is 0 Å². The standard InChI is InChI=1S/C13H16N2O4/c1-18-13(17)8-2-5-11(10(14)6-8)19-7-12(16)15-9-3-4-9/h2,5-6,9H,3-4,7,14H2,1H3,(H,15,16).